The van der Waals surface area contributed by atoms with Crippen LogP contribution in [0.15, 0.2) is 54.6 Å². The summed E-state index contributed by atoms with van der Waals surface area (Å²) in [6, 6.07) is 15.6. The standard InChI is InChI=1S/C18H14F3N/c1-12-17(14-9-5-6-10-16(14)22-12)15(18(19,20)21)11-13-7-3-2-4-8-13/h2-11,22H,1H3/b15-11+. The summed E-state index contributed by atoms with van der Waals surface area (Å²) in [4.78, 5) is 3.02. The maximum absolute atomic E-state index is 13.6. The Morgan fingerprint density at radius 2 is 1.59 bits per heavy atom. The van der Waals surface area contributed by atoms with Crippen LogP contribution in [-0.4, -0.2) is 11.2 Å². The van der Waals surface area contributed by atoms with Crippen LogP contribution in [0.1, 0.15) is 16.8 Å². The van der Waals surface area contributed by atoms with Gasteiger partial charge in [-0.15, -0.1) is 0 Å². The highest BCUT2D eigenvalue weighted by molar-refractivity contribution is 5.99. The van der Waals surface area contributed by atoms with E-state index in [9.17, 15) is 13.2 Å². The average molecular weight is 301 g/mol. The maximum atomic E-state index is 13.6. The number of rotatable bonds is 2. The number of allylic oxidation sites excluding steroid dienone is 1. The summed E-state index contributed by atoms with van der Waals surface area (Å²) in [5.41, 5.74) is 1.33. The zero-order valence-electron chi connectivity index (χ0n) is 11.9. The number of benzene rings is 2. The third kappa shape index (κ3) is 2.64. The van der Waals surface area contributed by atoms with Crippen LogP contribution >= 0.6 is 0 Å². The Hall–Kier alpha value is -2.49. The Labute approximate surface area is 126 Å². The van der Waals surface area contributed by atoms with E-state index < -0.39 is 11.7 Å². The minimum atomic E-state index is -4.43. The Morgan fingerprint density at radius 1 is 0.955 bits per heavy atom. The van der Waals surface area contributed by atoms with Gasteiger partial charge in [-0.05, 0) is 24.6 Å². The summed E-state index contributed by atoms with van der Waals surface area (Å²) in [5, 5.41) is 0.583. The molecule has 0 bridgehead atoms. The largest absolute Gasteiger partial charge is 0.417 e. The summed E-state index contributed by atoms with van der Waals surface area (Å²) < 4.78 is 40.8. The Bertz CT molecular complexity index is 826. The molecule has 0 saturated carbocycles. The summed E-state index contributed by atoms with van der Waals surface area (Å²) in [6.45, 7) is 1.67. The molecule has 22 heavy (non-hydrogen) atoms. The normalized spacial score (nSPS) is 12.8. The van der Waals surface area contributed by atoms with Crippen molar-refractivity contribution in [1.82, 2.24) is 4.98 Å². The molecule has 1 nitrogen and oxygen atoms in total. The van der Waals surface area contributed by atoms with Gasteiger partial charge in [-0.1, -0.05) is 48.5 Å². The second-order valence-electron chi connectivity index (χ2n) is 5.14. The lowest BCUT2D eigenvalue weighted by Gasteiger charge is -2.13. The van der Waals surface area contributed by atoms with Crippen LogP contribution in [0, 0.1) is 6.92 Å². The van der Waals surface area contributed by atoms with Crippen molar-refractivity contribution >= 4 is 22.6 Å². The van der Waals surface area contributed by atoms with Gasteiger partial charge in [0, 0.05) is 22.2 Å². The van der Waals surface area contributed by atoms with Gasteiger partial charge in [0.15, 0.2) is 0 Å². The van der Waals surface area contributed by atoms with Gasteiger partial charge in [-0.25, -0.2) is 0 Å². The smallest absolute Gasteiger partial charge is 0.358 e. The predicted octanol–water partition coefficient (Wildman–Crippen LogP) is 5.58. The first kappa shape index (κ1) is 14.4. The number of fused-ring (bicyclic) bond motifs is 1. The van der Waals surface area contributed by atoms with Crippen molar-refractivity contribution in [1.29, 1.82) is 0 Å². The van der Waals surface area contributed by atoms with E-state index >= 15 is 0 Å². The first-order valence-corrected chi connectivity index (χ1v) is 6.88. The SMILES string of the molecule is Cc1[nH]c2ccccc2c1/C(=C\c1ccccc1)C(F)(F)F. The number of H-pyrrole nitrogens is 1. The molecule has 4 heteroatoms. The van der Waals surface area contributed by atoms with Crippen molar-refractivity contribution in [2.24, 2.45) is 0 Å². The molecule has 0 amide bonds. The fraction of sp³-hybridized carbons (Fsp3) is 0.111. The van der Waals surface area contributed by atoms with E-state index in [2.05, 4.69) is 4.98 Å². The molecule has 0 unspecified atom stereocenters. The van der Waals surface area contributed by atoms with E-state index in [0.717, 1.165) is 0 Å². The number of aryl methyl sites for hydroxylation is 1. The first-order chi connectivity index (χ1) is 10.5. The van der Waals surface area contributed by atoms with E-state index in [0.29, 0.717) is 22.2 Å². The molecule has 0 aliphatic carbocycles. The van der Waals surface area contributed by atoms with Crippen LogP contribution < -0.4 is 0 Å². The predicted molar refractivity (Wildman–Crippen MR) is 83.4 cm³/mol. The molecule has 0 aliphatic heterocycles. The van der Waals surface area contributed by atoms with Crippen molar-refractivity contribution in [3.8, 4) is 0 Å². The highest BCUT2D eigenvalue weighted by Gasteiger charge is 2.36. The molecule has 0 atom stereocenters. The van der Waals surface area contributed by atoms with E-state index in [1.165, 1.54) is 6.08 Å². The molecule has 112 valence electrons. The van der Waals surface area contributed by atoms with E-state index in [4.69, 9.17) is 0 Å². The first-order valence-electron chi connectivity index (χ1n) is 6.88. The van der Waals surface area contributed by atoms with Gasteiger partial charge in [-0.2, -0.15) is 13.2 Å². The van der Waals surface area contributed by atoms with Gasteiger partial charge in [-0.3, -0.25) is 0 Å². The minimum absolute atomic E-state index is 0.215. The molecule has 1 N–H and O–H groups in total. The quantitative estimate of drug-likeness (QED) is 0.636. The van der Waals surface area contributed by atoms with Crippen molar-refractivity contribution in [2.75, 3.05) is 0 Å². The van der Waals surface area contributed by atoms with Crippen molar-refractivity contribution in [3.05, 3.63) is 71.4 Å². The topological polar surface area (TPSA) is 15.8 Å². The molecular weight excluding hydrogens is 287 g/mol. The van der Waals surface area contributed by atoms with Gasteiger partial charge in [0.2, 0.25) is 0 Å². The van der Waals surface area contributed by atoms with Crippen molar-refractivity contribution in [2.45, 2.75) is 13.1 Å². The Morgan fingerprint density at radius 3 is 2.27 bits per heavy atom. The maximum Gasteiger partial charge on any atom is 0.417 e. The molecule has 2 aromatic carbocycles. The van der Waals surface area contributed by atoms with Crippen LogP contribution in [0.25, 0.3) is 22.6 Å². The molecule has 3 aromatic rings. The molecular formula is C18H14F3N. The molecule has 3 rings (SSSR count). The molecule has 0 radical (unpaired) electrons. The van der Waals surface area contributed by atoms with Crippen LogP contribution in [-0.2, 0) is 0 Å². The lowest BCUT2D eigenvalue weighted by molar-refractivity contribution is -0.0682. The van der Waals surface area contributed by atoms with Gasteiger partial charge in [0.1, 0.15) is 0 Å². The number of alkyl halides is 3. The molecule has 1 aromatic heterocycles. The number of nitrogens with one attached hydrogen (secondary N) is 1. The van der Waals surface area contributed by atoms with E-state index in [-0.39, 0.29) is 5.56 Å². The highest BCUT2D eigenvalue weighted by Crippen LogP contribution is 2.40. The van der Waals surface area contributed by atoms with Gasteiger partial charge < -0.3 is 4.98 Å². The number of hydrogen-bond acceptors (Lipinski definition) is 0. The zero-order chi connectivity index (χ0) is 15.7. The molecule has 1 heterocycles. The number of halogens is 3. The number of aromatic nitrogens is 1. The summed E-state index contributed by atoms with van der Waals surface area (Å²) >= 11 is 0. The summed E-state index contributed by atoms with van der Waals surface area (Å²) in [7, 11) is 0. The second-order valence-corrected chi connectivity index (χ2v) is 5.14. The fourth-order valence-corrected chi connectivity index (χ4v) is 2.64. The molecule has 0 fully saturated rings. The van der Waals surface area contributed by atoms with Crippen LogP contribution in [0.2, 0.25) is 0 Å². The molecule has 0 aliphatic rings. The minimum Gasteiger partial charge on any atom is -0.358 e. The monoisotopic (exact) mass is 301 g/mol. The second kappa shape index (κ2) is 5.37. The third-order valence-corrected chi connectivity index (χ3v) is 3.58. The van der Waals surface area contributed by atoms with Crippen LogP contribution in [0.5, 0.6) is 0 Å². The van der Waals surface area contributed by atoms with Crippen molar-refractivity contribution in [3.63, 3.8) is 0 Å². The lowest BCUT2D eigenvalue weighted by atomic mass is 9.99. The zero-order valence-corrected chi connectivity index (χ0v) is 11.9. The third-order valence-electron chi connectivity index (χ3n) is 3.58. The molecule has 0 spiro atoms. The fourth-order valence-electron chi connectivity index (χ4n) is 2.64. The number of aromatic amines is 1. The lowest BCUT2D eigenvalue weighted by Crippen LogP contribution is -2.11. The average Bonchev–Trinajstić information content (AvgIpc) is 2.80. The Kier molecular flexibility index (Phi) is 3.53. The van der Waals surface area contributed by atoms with Gasteiger partial charge in [0.05, 0.1) is 5.57 Å². The van der Waals surface area contributed by atoms with Crippen LogP contribution in [0.4, 0.5) is 13.2 Å². The van der Waals surface area contributed by atoms with Gasteiger partial charge >= 0.3 is 6.18 Å². The number of para-hydroxylation sites is 1. The summed E-state index contributed by atoms with van der Waals surface area (Å²) in [5.74, 6) is 0. The Balaban J connectivity index is 2.26. The van der Waals surface area contributed by atoms with Crippen LogP contribution in [0.3, 0.4) is 0 Å². The highest BCUT2D eigenvalue weighted by atomic mass is 19.4. The molecule has 0 saturated heterocycles. The summed E-state index contributed by atoms with van der Waals surface area (Å²) in [6.07, 6.45) is -3.23. The van der Waals surface area contributed by atoms with E-state index in [1.54, 1.807) is 61.5 Å². The number of hydrogen-bond donors (Lipinski definition) is 1. The van der Waals surface area contributed by atoms with E-state index in [1.807, 2.05) is 0 Å². The van der Waals surface area contributed by atoms with Gasteiger partial charge in [0.25, 0.3) is 0 Å². The van der Waals surface area contributed by atoms with Crippen molar-refractivity contribution < 1.29 is 13.2 Å².